The molecule has 0 radical (unpaired) electrons. The summed E-state index contributed by atoms with van der Waals surface area (Å²) in [6.07, 6.45) is -2.63. The monoisotopic (exact) mass is 423 g/mol. The number of anilines is 1. The van der Waals surface area contributed by atoms with Crippen molar-refractivity contribution in [3.63, 3.8) is 0 Å². The molecule has 6 nitrogen and oxygen atoms in total. The standard InChI is InChI=1S/C19H16F3N3O3S/c1-18(2,29(27,28)13-7-8-15(24-11-13)19(20,21)22)17(26)25-16-14-6-4-3-5-12(14)9-10-23-16/h3-11H,1-2H3,(H,23,25,26). The van der Waals surface area contributed by atoms with Crippen LogP contribution >= 0.6 is 0 Å². The lowest BCUT2D eigenvalue weighted by Crippen LogP contribution is -2.44. The van der Waals surface area contributed by atoms with Crippen molar-refractivity contribution in [2.75, 3.05) is 5.32 Å². The fourth-order valence-electron chi connectivity index (χ4n) is 2.60. The zero-order valence-electron chi connectivity index (χ0n) is 15.4. The molecule has 3 aromatic rings. The molecule has 10 heteroatoms. The van der Waals surface area contributed by atoms with Crippen LogP contribution < -0.4 is 5.32 Å². The fourth-order valence-corrected chi connectivity index (χ4v) is 3.92. The zero-order chi connectivity index (χ0) is 21.4. The second-order valence-electron chi connectivity index (χ2n) is 6.73. The number of fused-ring (bicyclic) bond motifs is 1. The van der Waals surface area contributed by atoms with Crippen molar-refractivity contribution in [1.82, 2.24) is 9.97 Å². The Morgan fingerprint density at radius 3 is 2.31 bits per heavy atom. The van der Waals surface area contributed by atoms with Gasteiger partial charge in [0.2, 0.25) is 5.91 Å². The normalized spacial score (nSPS) is 12.7. The van der Waals surface area contributed by atoms with Crippen molar-refractivity contribution in [1.29, 1.82) is 0 Å². The first kappa shape index (κ1) is 20.7. The van der Waals surface area contributed by atoms with Crippen LogP contribution in [0.2, 0.25) is 0 Å². The predicted octanol–water partition coefficient (Wildman–Crippen LogP) is 3.84. The number of sulfone groups is 1. The number of rotatable bonds is 4. The minimum atomic E-state index is -4.70. The number of halogens is 3. The van der Waals surface area contributed by atoms with Crippen molar-refractivity contribution in [2.45, 2.75) is 29.7 Å². The summed E-state index contributed by atoms with van der Waals surface area (Å²) >= 11 is 0. The Kier molecular flexibility index (Phi) is 5.08. The summed E-state index contributed by atoms with van der Waals surface area (Å²) in [6.45, 7) is 2.33. The average Bonchev–Trinajstić information content (AvgIpc) is 2.67. The van der Waals surface area contributed by atoms with Crippen LogP contribution in [0.4, 0.5) is 19.0 Å². The summed E-state index contributed by atoms with van der Waals surface area (Å²) in [5.41, 5.74) is -1.22. The number of hydrogen-bond acceptors (Lipinski definition) is 5. The Morgan fingerprint density at radius 2 is 1.69 bits per heavy atom. The van der Waals surface area contributed by atoms with Crippen LogP contribution in [0.5, 0.6) is 0 Å². The summed E-state index contributed by atoms with van der Waals surface area (Å²) in [7, 11) is -4.34. The molecule has 0 saturated carbocycles. The largest absolute Gasteiger partial charge is 0.433 e. The summed E-state index contributed by atoms with van der Waals surface area (Å²) < 4.78 is 61.8. The molecule has 1 amide bonds. The highest BCUT2D eigenvalue weighted by molar-refractivity contribution is 7.93. The van der Waals surface area contributed by atoms with Gasteiger partial charge in [-0.05, 0) is 37.4 Å². The molecular weight excluding hydrogens is 407 g/mol. The van der Waals surface area contributed by atoms with Gasteiger partial charge in [0.05, 0.1) is 4.90 Å². The number of hydrogen-bond donors (Lipinski definition) is 1. The summed E-state index contributed by atoms with van der Waals surface area (Å²) in [6, 6.07) is 10.2. The zero-order valence-corrected chi connectivity index (χ0v) is 16.2. The number of carbonyl (C=O) groups excluding carboxylic acids is 1. The Bertz CT molecular complexity index is 1170. The Balaban J connectivity index is 1.93. The van der Waals surface area contributed by atoms with Gasteiger partial charge in [-0.25, -0.2) is 13.4 Å². The van der Waals surface area contributed by atoms with Crippen molar-refractivity contribution in [2.24, 2.45) is 0 Å². The van der Waals surface area contributed by atoms with Gasteiger partial charge in [-0.3, -0.25) is 9.78 Å². The molecule has 29 heavy (non-hydrogen) atoms. The molecule has 1 N–H and O–H groups in total. The van der Waals surface area contributed by atoms with E-state index in [-0.39, 0.29) is 5.82 Å². The second kappa shape index (κ2) is 7.11. The Hall–Kier alpha value is -3.01. The maximum Gasteiger partial charge on any atom is 0.433 e. The van der Waals surface area contributed by atoms with Gasteiger partial charge < -0.3 is 5.32 Å². The van der Waals surface area contributed by atoms with Gasteiger partial charge in [0.15, 0.2) is 9.84 Å². The molecular formula is C19H16F3N3O3S. The van der Waals surface area contributed by atoms with E-state index in [1.54, 1.807) is 24.3 Å². The molecule has 0 bridgehead atoms. The van der Waals surface area contributed by atoms with E-state index in [4.69, 9.17) is 0 Å². The maximum atomic E-state index is 12.9. The van der Waals surface area contributed by atoms with E-state index >= 15 is 0 Å². The van der Waals surface area contributed by atoms with Crippen molar-refractivity contribution >= 4 is 32.3 Å². The van der Waals surface area contributed by atoms with Crippen molar-refractivity contribution in [3.8, 4) is 0 Å². The highest BCUT2D eigenvalue weighted by atomic mass is 32.2. The maximum absolute atomic E-state index is 12.9. The summed E-state index contributed by atoms with van der Waals surface area (Å²) in [5.74, 6) is -0.692. The third-order valence-electron chi connectivity index (χ3n) is 4.46. The predicted molar refractivity (Wildman–Crippen MR) is 101 cm³/mol. The second-order valence-corrected chi connectivity index (χ2v) is 9.22. The fraction of sp³-hybridized carbons (Fsp3) is 0.211. The van der Waals surface area contributed by atoms with Crippen molar-refractivity contribution in [3.05, 3.63) is 60.6 Å². The van der Waals surface area contributed by atoms with Crippen LogP contribution in [0, 0.1) is 0 Å². The number of nitrogens with one attached hydrogen (secondary N) is 1. The molecule has 0 aliphatic rings. The van der Waals surface area contributed by atoms with Gasteiger partial charge >= 0.3 is 6.18 Å². The number of amides is 1. The SMILES string of the molecule is CC(C)(C(=O)Nc1nccc2ccccc12)S(=O)(=O)c1ccc(C(F)(F)F)nc1. The highest BCUT2D eigenvalue weighted by Gasteiger charge is 2.44. The first-order valence-electron chi connectivity index (χ1n) is 8.37. The lowest BCUT2D eigenvalue weighted by Gasteiger charge is -2.24. The van der Waals surface area contributed by atoms with Gasteiger partial charge in [-0.2, -0.15) is 13.2 Å². The number of aromatic nitrogens is 2. The topological polar surface area (TPSA) is 89.0 Å². The molecule has 1 aromatic carbocycles. The quantitative estimate of drug-likeness (QED) is 0.689. The van der Waals surface area contributed by atoms with Crippen LogP contribution in [0.15, 0.2) is 59.8 Å². The van der Waals surface area contributed by atoms with E-state index in [0.717, 1.165) is 11.5 Å². The minimum absolute atomic E-state index is 0.182. The van der Waals surface area contributed by atoms with Crippen LogP contribution in [0.3, 0.4) is 0 Å². The molecule has 0 saturated heterocycles. The molecule has 152 valence electrons. The van der Waals surface area contributed by atoms with Gasteiger partial charge in [0.1, 0.15) is 16.3 Å². The Labute approximate surface area is 164 Å². The number of alkyl halides is 3. The van der Waals surface area contributed by atoms with Crippen molar-refractivity contribution < 1.29 is 26.4 Å². The van der Waals surface area contributed by atoms with Crippen LogP contribution in [0.1, 0.15) is 19.5 Å². The molecule has 0 unspecified atom stereocenters. The van der Waals surface area contributed by atoms with Crippen LogP contribution in [-0.4, -0.2) is 29.0 Å². The van der Waals surface area contributed by atoms with E-state index in [1.165, 1.54) is 20.0 Å². The summed E-state index contributed by atoms with van der Waals surface area (Å²) in [4.78, 5) is 19.6. The van der Waals surface area contributed by atoms with Crippen LogP contribution in [0.25, 0.3) is 10.8 Å². The Morgan fingerprint density at radius 1 is 1.00 bits per heavy atom. The molecule has 0 spiro atoms. The molecule has 0 atom stereocenters. The number of carbonyl (C=O) groups is 1. The van der Waals surface area contributed by atoms with E-state index in [0.29, 0.717) is 17.6 Å². The van der Waals surface area contributed by atoms with E-state index in [1.807, 2.05) is 6.07 Å². The molecule has 0 aliphatic heterocycles. The highest BCUT2D eigenvalue weighted by Crippen LogP contribution is 2.31. The lowest BCUT2D eigenvalue weighted by molar-refractivity contribution is -0.141. The van der Waals surface area contributed by atoms with Gasteiger partial charge in [0.25, 0.3) is 0 Å². The molecule has 0 aliphatic carbocycles. The summed E-state index contributed by atoms with van der Waals surface area (Å²) in [5, 5.41) is 3.92. The number of pyridine rings is 2. The average molecular weight is 423 g/mol. The molecule has 0 fully saturated rings. The van der Waals surface area contributed by atoms with Gasteiger partial charge in [0, 0.05) is 17.8 Å². The first-order valence-corrected chi connectivity index (χ1v) is 9.86. The molecule has 2 aromatic heterocycles. The van der Waals surface area contributed by atoms with Gasteiger partial charge in [-0.1, -0.05) is 24.3 Å². The third kappa shape index (κ3) is 3.80. The third-order valence-corrected chi connectivity index (χ3v) is 6.85. The lowest BCUT2D eigenvalue weighted by atomic mass is 10.1. The first-order chi connectivity index (χ1) is 13.4. The van der Waals surface area contributed by atoms with E-state index < -0.39 is 37.3 Å². The van der Waals surface area contributed by atoms with E-state index in [2.05, 4.69) is 15.3 Å². The minimum Gasteiger partial charge on any atom is -0.309 e. The number of nitrogens with zero attached hydrogens (tertiary/aromatic N) is 2. The smallest absolute Gasteiger partial charge is 0.309 e. The van der Waals surface area contributed by atoms with Crippen LogP contribution in [-0.2, 0) is 20.8 Å². The molecule has 3 rings (SSSR count). The van der Waals surface area contributed by atoms with Gasteiger partial charge in [-0.15, -0.1) is 0 Å². The number of benzene rings is 1. The molecule has 2 heterocycles. The van der Waals surface area contributed by atoms with E-state index in [9.17, 15) is 26.4 Å².